The molecule has 5 aromatic carbocycles. The van der Waals surface area contributed by atoms with Gasteiger partial charge >= 0.3 is 11.9 Å². The van der Waals surface area contributed by atoms with Gasteiger partial charge in [-0.15, -0.1) is 0 Å². The van der Waals surface area contributed by atoms with E-state index in [0.29, 0.717) is 21.2 Å². The van der Waals surface area contributed by atoms with Crippen molar-refractivity contribution in [3.8, 4) is 11.5 Å². The average Bonchev–Trinajstić information content (AvgIpc) is 2.98. The van der Waals surface area contributed by atoms with Gasteiger partial charge in [-0.1, -0.05) is 59.6 Å². The first kappa shape index (κ1) is 27.6. The third-order valence-electron chi connectivity index (χ3n) is 5.96. The number of carbonyl (C=O) groups is 3. The van der Waals surface area contributed by atoms with E-state index in [4.69, 9.17) is 32.7 Å². The molecule has 5 aromatic rings. The number of nitrogens with zero attached hydrogens (tertiary/aromatic N) is 1. The van der Waals surface area contributed by atoms with E-state index in [1.165, 1.54) is 42.6 Å². The lowest BCUT2D eigenvalue weighted by molar-refractivity contribution is 0.0732. The first-order valence-corrected chi connectivity index (χ1v) is 13.0. The molecule has 0 saturated carbocycles. The molecule has 0 spiro atoms. The predicted molar refractivity (Wildman–Crippen MR) is 158 cm³/mol. The minimum atomic E-state index is -0.669. The molecule has 9 heteroatoms. The predicted octanol–water partition coefficient (Wildman–Crippen LogP) is 7.35. The van der Waals surface area contributed by atoms with Gasteiger partial charge in [-0.05, 0) is 77.5 Å². The van der Waals surface area contributed by atoms with Gasteiger partial charge in [0, 0.05) is 27.2 Å². The Balaban J connectivity index is 1.39. The highest BCUT2D eigenvalue weighted by atomic mass is 35.5. The van der Waals surface area contributed by atoms with Gasteiger partial charge in [0.05, 0.1) is 17.3 Å². The van der Waals surface area contributed by atoms with E-state index >= 15 is 0 Å². The zero-order chi connectivity index (χ0) is 28.8. The number of esters is 2. The third kappa shape index (κ3) is 6.78. The number of halogens is 2. The molecule has 0 aromatic heterocycles. The van der Waals surface area contributed by atoms with Gasteiger partial charge in [0.1, 0.15) is 11.5 Å². The van der Waals surface area contributed by atoms with Gasteiger partial charge in [0.15, 0.2) is 0 Å². The number of hydrogen-bond donors (Lipinski definition) is 1. The standard InChI is InChI=1S/C32H20Cl2N2O5/c33-24-13-8-21(9-14-24)31(38)40-26-17-12-23(29(18-26)41-32(39)22-10-15-25(34)16-11-22)19-35-36-30(37)28-7-3-5-20-4-1-2-6-27(20)28/h1-19H,(H,36,37)/b35-19-. The molecule has 1 amide bonds. The molecule has 0 radical (unpaired) electrons. The summed E-state index contributed by atoms with van der Waals surface area (Å²) < 4.78 is 11.1. The van der Waals surface area contributed by atoms with Crippen LogP contribution in [0.2, 0.25) is 10.0 Å². The fraction of sp³-hybridized carbons (Fsp3) is 0. The monoisotopic (exact) mass is 582 g/mol. The summed E-state index contributed by atoms with van der Waals surface area (Å²) >= 11 is 11.8. The largest absolute Gasteiger partial charge is 0.423 e. The number of nitrogens with one attached hydrogen (secondary N) is 1. The third-order valence-corrected chi connectivity index (χ3v) is 6.47. The number of amides is 1. The van der Waals surface area contributed by atoms with Crippen LogP contribution >= 0.6 is 23.2 Å². The molecule has 0 bridgehead atoms. The Bertz CT molecular complexity index is 1780. The second-order valence-corrected chi connectivity index (χ2v) is 9.59. The highest BCUT2D eigenvalue weighted by Gasteiger charge is 2.15. The molecule has 0 aliphatic rings. The van der Waals surface area contributed by atoms with Crippen molar-refractivity contribution >= 4 is 58.0 Å². The summed E-state index contributed by atoms with van der Waals surface area (Å²) in [5, 5.41) is 6.72. The van der Waals surface area contributed by atoms with Crippen LogP contribution in [-0.2, 0) is 0 Å². The maximum atomic E-state index is 12.9. The Morgan fingerprint density at radius 2 is 1.29 bits per heavy atom. The molecule has 0 unspecified atom stereocenters. The fourth-order valence-electron chi connectivity index (χ4n) is 3.91. The number of carbonyl (C=O) groups excluding carboxylic acids is 3. The summed E-state index contributed by atoms with van der Waals surface area (Å²) in [6, 6.07) is 29.8. The molecule has 7 nitrogen and oxygen atoms in total. The first-order valence-electron chi connectivity index (χ1n) is 12.3. The maximum absolute atomic E-state index is 12.9. The number of ether oxygens (including phenoxy) is 2. The number of hydrazone groups is 1. The number of rotatable bonds is 7. The highest BCUT2D eigenvalue weighted by molar-refractivity contribution is 6.31. The van der Waals surface area contributed by atoms with Crippen molar-refractivity contribution in [3.63, 3.8) is 0 Å². The minimum absolute atomic E-state index is 0.0505. The summed E-state index contributed by atoms with van der Waals surface area (Å²) in [6.45, 7) is 0. The fourth-order valence-corrected chi connectivity index (χ4v) is 4.17. The summed E-state index contributed by atoms with van der Waals surface area (Å²) in [7, 11) is 0. The van der Waals surface area contributed by atoms with Crippen molar-refractivity contribution in [3.05, 3.63) is 141 Å². The molecular formula is C32H20Cl2N2O5. The summed E-state index contributed by atoms with van der Waals surface area (Å²) in [5.41, 5.74) is 3.85. The van der Waals surface area contributed by atoms with E-state index in [0.717, 1.165) is 10.8 Å². The Hall–Kier alpha value is -4.98. The lowest BCUT2D eigenvalue weighted by Gasteiger charge is -2.11. The lowest BCUT2D eigenvalue weighted by Crippen LogP contribution is -2.18. The van der Waals surface area contributed by atoms with Crippen molar-refractivity contribution in [2.24, 2.45) is 5.10 Å². The second-order valence-electron chi connectivity index (χ2n) is 8.72. The molecule has 0 atom stereocenters. The first-order chi connectivity index (χ1) is 19.9. The lowest BCUT2D eigenvalue weighted by atomic mass is 10.0. The molecule has 0 aliphatic carbocycles. The van der Waals surface area contributed by atoms with Gasteiger partial charge < -0.3 is 9.47 Å². The van der Waals surface area contributed by atoms with Crippen LogP contribution in [0.3, 0.4) is 0 Å². The second kappa shape index (κ2) is 12.5. The number of hydrogen-bond acceptors (Lipinski definition) is 6. The van der Waals surface area contributed by atoms with E-state index < -0.39 is 17.8 Å². The smallest absolute Gasteiger partial charge is 0.343 e. The minimum Gasteiger partial charge on any atom is -0.423 e. The summed E-state index contributed by atoms with van der Waals surface area (Å²) in [5.74, 6) is -1.53. The molecule has 5 rings (SSSR count). The Kier molecular flexibility index (Phi) is 8.39. The van der Waals surface area contributed by atoms with Crippen LogP contribution in [0.1, 0.15) is 36.6 Å². The van der Waals surface area contributed by atoms with Crippen LogP contribution in [0.15, 0.2) is 114 Å². The maximum Gasteiger partial charge on any atom is 0.343 e. The molecule has 1 N–H and O–H groups in total. The average molecular weight is 583 g/mol. The Labute approximate surface area is 244 Å². The normalized spacial score (nSPS) is 10.9. The van der Waals surface area contributed by atoms with Gasteiger partial charge in [-0.2, -0.15) is 5.10 Å². The quantitative estimate of drug-likeness (QED) is 0.0936. The van der Waals surface area contributed by atoms with E-state index in [1.807, 2.05) is 30.3 Å². The zero-order valence-corrected chi connectivity index (χ0v) is 22.7. The molecule has 202 valence electrons. The van der Waals surface area contributed by atoms with E-state index in [1.54, 1.807) is 42.5 Å². The van der Waals surface area contributed by atoms with Crippen molar-refractivity contribution < 1.29 is 23.9 Å². The molecule has 0 heterocycles. The molecule has 41 heavy (non-hydrogen) atoms. The van der Waals surface area contributed by atoms with Crippen LogP contribution in [0.4, 0.5) is 0 Å². The van der Waals surface area contributed by atoms with Crippen LogP contribution < -0.4 is 14.9 Å². The van der Waals surface area contributed by atoms with Crippen molar-refractivity contribution in [1.82, 2.24) is 5.43 Å². The molecule has 0 saturated heterocycles. The van der Waals surface area contributed by atoms with Crippen LogP contribution in [0.5, 0.6) is 11.5 Å². The Morgan fingerprint density at radius 3 is 1.98 bits per heavy atom. The van der Waals surface area contributed by atoms with Gasteiger partial charge in [0.2, 0.25) is 0 Å². The number of benzene rings is 5. The van der Waals surface area contributed by atoms with E-state index in [9.17, 15) is 14.4 Å². The van der Waals surface area contributed by atoms with Crippen molar-refractivity contribution in [2.75, 3.05) is 0 Å². The summed E-state index contributed by atoms with van der Waals surface area (Å²) in [4.78, 5) is 38.3. The highest BCUT2D eigenvalue weighted by Crippen LogP contribution is 2.26. The molecular weight excluding hydrogens is 563 g/mol. The van der Waals surface area contributed by atoms with E-state index in [-0.39, 0.29) is 22.6 Å². The number of fused-ring (bicyclic) bond motifs is 1. The topological polar surface area (TPSA) is 94.1 Å². The SMILES string of the molecule is O=C(Oc1ccc(/C=N\NC(=O)c2cccc3ccccc23)c(OC(=O)c2ccc(Cl)cc2)c1)c1ccc(Cl)cc1. The Morgan fingerprint density at radius 1 is 0.683 bits per heavy atom. The zero-order valence-electron chi connectivity index (χ0n) is 21.2. The van der Waals surface area contributed by atoms with Gasteiger partial charge in [-0.3, -0.25) is 4.79 Å². The van der Waals surface area contributed by atoms with Gasteiger partial charge in [0.25, 0.3) is 5.91 Å². The van der Waals surface area contributed by atoms with Crippen LogP contribution in [0.25, 0.3) is 10.8 Å². The van der Waals surface area contributed by atoms with Crippen molar-refractivity contribution in [1.29, 1.82) is 0 Å². The molecule has 0 aliphatic heterocycles. The summed E-state index contributed by atoms with van der Waals surface area (Å²) in [6.07, 6.45) is 1.33. The van der Waals surface area contributed by atoms with Crippen LogP contribution in [-0.4, -0.2) is 24.1 Å². The van der Waals surface area contributed by atoms with Crippen LogP contribution in [0, 0.1) is 0 Å². The van der Waals surface area contributed by atoms with Crippen molar-refractivity contribution in [2.45, 2.75) is 0 Å². The van der Waals surface area contributed by atoms with Gasteiger partial charge in [-0.25, -0.2) is 15.0 Å². The van der Waals surface area contributed by atoms with E-state index in [2.05, 4.69) is 10.5 Å². The molecule has 0 fully saturated rings.